The molecule has 0 aromatic carbocycles. The van der Waals surface area contributed by atoms with Gasteiger partial charge in [0.25, 0.3) is 0 Å². The van der Waals surface area contributed by atoms with Crippen LogP contribution in [-0.4, -0.2) is 42.5 Å². The van der Waals surface area contributed by atoms with Gasteiger partial charge in [-0.15, -0.1) is 0 Å². The van der Waals surface area contributed by atoms with Gasteiger partial charge in [0, 0.05) is 25.7 Å². The number of rotatable bonds is 4. The van der Waals surface area contributed by atoms with E-state index in [-0.39, 0.29) is 17.9 Å². The van der Waals surface area contributed by atoms with E-state index in [2.05, 4.69) is 10.6 Å². The maximum Gasteiger partial charge on any atom is 0.317 e. The number of hydrogen-bond donors (Lipinski definition) is 2. The van der Waals surface area contributed by atoms with Crippen LogP contribution in [0.5, 0.6) is 0 Å². The molecule has 5 heteroatoms. The molecule has 2 N–H and O–H groups in total. The van der Waals surface area contributed by atoms with E-state index in [1.54, 1.807) is 4.90 Å². The summed E-state index contributed by atoms with van der Waals surface area (Å²) in [4.78, 5) is 25.8. The lowest BCUT2D eigenvalue weighted by molar-refractivity contribution is -0.126. The summed E-state index contributed by atoms with van der Waals surface area (Å²) in [5, 5.41) is 5.97. The monoisotopic (exact) mass is 267 g/mol. The first kappa shape index (κ1) is 14.2. The first-order chi connectivity index (χ1) is 9.20. The van der Waals surface area contributed by atoms with E-state index in [0.717, 1.165) is 45.2 Å². The van der Waals surface area contributed by atoms with Gasteiger partial charge in [-0.1, -0.05) is 6.92 Å². The molecule has 19 heavy (non-hydrogen) atoms. The summed E-state index contributed by atoms with van der Waals surface area (Å²) in [5.74, 6) is 0.0652. The number of carbonyl (C=O) groups excluding carboxylic acids is 2. The minimum Gasteiger partial charge on any atom is -0.356 e. The van der Waals surface area contributed by atoms with Crippen molar-refractivity contribution in [3.63, 3.8) is 0 Å². The summed E-state index contributed by atoms with van der Waals surface area (Å²) in [6, 6.07) is 0.375. The van der Waals surface area contributed by atoms with Crippen LogP contribution in [-0.2, 0) is 4.79 Å². The molecule has 1 aliphatic carbocycles. The largest absolute Gasteiger partial charge is 0.356 e. The molecule has 0 radical (unpaired) electrons. The van der Waals surface area contributed by atoms with Crippen LogP contribution in [0.4, 0.5) is 4.79 Å². The number of likely N-dealkylation sites (tertiary alicyclic amines) is 1. The number of carbonyl (C=O) groups is 2. The molecule has 5 nitrogen and oxygen atoms in total. The Kier molecular flexibility index (Phi) is 5.05. The molecule has 1 atom stereocenters. The van der Waals surface area contributed by atoms with Crippen molar-refractivity contribution in [3.05, 3.63) is 0 Å². The predicted molar refractivity (Wildman–Crippen MR) is 73.8 cm³/mol. The van der Waals surface area contributed by atoms with Crippen molar-refractivity contribution >= 4 is 11.9 Å². The summed E-state index contributed by atoms with van der Waals surface area (Å²) >= 11 is 0. The second-order valence-corrected chi connectivity index (χ2v) is 5.65. The minimum atomic E-state index is -0.0348. The highest BCUT2D eigenvalue weighted by molar-refractivity contribution is 5.80. The first-order valence-electron chi connectivity index (χ1n) is 7.54. The van der Waals surface area contributed by atoms with Crippen molar-refractivity contribution in [1.82, 2.24) is 15.5 Å². The Balaban J connectivity index is 1.78. The third kappa shape index (κ3) is 3.85. The minimum absolute atomic E-state index is 0.0118. The number of amides is 3. The number of nitrogens with zero attached hydrogens (tertiary/aromatic N) is 1. The van der Waals surface area contributed by atoms with Gasteiger partial charge in [-0.3, -0.25) is 4.79 Å². The van der Waals surface area contributed by atoms with Crippen molar-refractivity contribution in [1.29, 1.82) is 0 Å². The zero-order valence-corrected chi connectivity index (χ0v) is 11.8. The Labute approximate surface area is 115 Å². The van der Waals surface area contributed by atoms with Crippen LogP contribution in [0.2, 0.25) is 0 Å². The molecular formula is C14H25N3O2. The van der Waals surface area contributed by atoms with E-state index in [1.807, 2.05) is 6.92 Å². The molecule has 1 saturated heterocycles. The quantitative estimate of drug-likeness (QED) is 0.810. The normalized spacial score (nSPS) is 23.6. The maximum atomic E-state index is 12.1. The lowest BCUT2D eigenvalue weighted by Crippen LogP contribution is -2.52. The van der Waals surface area contributed by atoms with Crippen LogP contribution in [0, 0.1) is 5.92 Å². The van der Waals surface area contributed by atoms with Crippen LogP contribution in [0.15, 0.2) is 0 Å². The van der Waals surface area contributed by atoms with E-state index in [0.29, 0.717) is 12.6 Å². The molecule has 1 aliphatic heterocycles. The molecule has 0 aromatic rings. The van der Waals surface area contributed by atoms with E-state index in [4.69, 9.17) is 0 Å². The molecule has 0 aromatic heterocycles. The van der Waals surface area contributed by atoms with Gasteiger partial charge < -0.3 is 15.5 Å². The molecular weight excluding hydrogens is 242 g/mol. The van der Waals surface area contributed by atoms with E-state index in [9.17, 15) is 9.59 Å². The third-order valence-electron chi connectivity index (χ3n) is 4.06. The third-order valence-corrected chi connectivity index (χ3v) is 4.06. The fourth-order valence-electron chi connectivity index (χ4n) is 2.59. The van der Waals surface area contributed by atoms with Gasteiger partial charge in [-0.25, -0.2) is 4.79 Å². The Hall–Kier alpha value is -1.26. The van der Waals surface area contributed by atoms with Crippen molar-refractivity contribution in [2.24, 2.45) is 5.92 Å². The highest BCUT2D eigenvalue weighted by Crippen LogP contribution is 2.20. The van der Waals surface area contributed by atoms with Crippen LogP contribution in [0.3, 0.4) is 0 Å². The Morgan fingerprint density at radius 3 is 2.63 bits per heavy atom. The zero-order chi connectivity index (χ0) is 13.7. The number of hydrogen-bond acceptors (Lipinski definition) is 2. The Bertz CT molecular complexity index is 329. The SMILES string of the molecule is CCCNC(=O)C1CCCN(C(=O)NC2CCC2)C1. The van der Waals surface area contributed by atoms with Crippen molar-refractivity contribution in [2.45, 2.75) is 51.5 Å². The van der Waals surface area contributed by atoms with Gasteiger partial charge in [0.2, 0.25) is 5.91 Å². The highest BCUT2D eigenvalue weighted by atomic mass is 16.2. The highest BCUT2D eigenvalue weighted by Gasteiger charge is 2.29. The molecule has 1 unspecified atom stereocenters. The van der Waals surface area contributed by atoms with E-state index < -0.39 is 0 Å². The molecule has 0 spiro atoms. The van der Waals surface area contributed by atoms with E-state index >= 15 is 0 Å². The fourth-order valence-corrected chi connectivity index (χ4v) is 2.59. The number of nitrogens with one attached hydrogen (secondary N) is 2. The summed E-state index contributed by atoms with van der Waals surface area (Å²) in [7, 11) is 0. The average molecular weight is 267 g/mol. The van der Waals surface area contributed by atoms with Crippen LogP contribution < -0.4 is 10.6 Å². The van der Waals surface area contributed by atoms with Gasteiger partial charge >= 0.3 is 6.03 Å². The van der Waals surface area contributed by atoms with Crippen LogP contribution in [0.25, 0.3) is 0 Å². The predicted octanol–water partition coefficient (Wildman–Crippen LogP) is 1.49. The van der Waals surface area contributed by atoms with Crippen molar-refractivity contribution in [3.8, 4) is 0 Å². The number of piperidine rings is 1. The lowest BCUT2D eigenvalue weighted by Gasteiger charge is -2.35. The number of urea groups is 1. The molecule has 2 aliphatic rings. The fraction of sp³-hybridized carbons (Fsp3) is 0.857. The molecule has 2 fully saturated rings. The van der Waals surface area contributed by atoms with Crippen molar-refractivity contribution in [2.75, 3.05) is 19.6 Å². The zero-order valence-electron chi connectivity index (χ0n) is 11.8. The molecule has 1 heterocycles. The van der Waals surface area contributed by atoms with Crippen LogP contribution >= 0.6 is 0 Å². The summed E-state index contributed by atoms with van der Waals surface area (Å²) in [5.41, 5.74) is 0. The second kappa shape index (κ2) is 6.78. The first-order valence-corrected chi connectivity index (χ1v) is 7.54. The van der Waals surface area contributed by atoms with Gasteiger partial charge in [0.1, 0.15) is 0 Å². The Morgan fingerprint density at radius 2 is 2.00 bits per heavy atom. The molecule has 0 bridgehead atoms. The van der Waals surface area contributed by atoms with Gasteiger partial charge in [0.05, 0.1) is 5.92 Å². The standard InChI is InChI=1S/C14H25N3O2/c1-2-8-15-13(18)11-5-4-9-17(10-11)14(19)16-12-6-3-7-12/h11-12H,2-10H2,1H3,(H,15,18)(H,16,19). The van der Waals surface area contributed by atoms with Crippen molar-refractivity contribution < 1.29 is 9.59 Å². The average Bonchev–Trinajstić information content (AvgIpc) is 2.40. The molecule has 2 rings (SSSR count). The van der Waals surface area contributed by atoms with Crippen LogP contribution in [0.1, 0.15) is 45.4 Å². The molecule has 1 saturated carbocycles. The second-order valence-electron chi connectivity index (χ2n) is 5.65. The molecule has 108 valence electrons. The smallest absolute Gasteiger partial charge is 0.317 e. The summed E-state index contributed by atoms with van der Waals surface area (Å²) in [6.45, 7) is 4.10. The van der Waals surface area contributed by atoms with E-state index in [1.165, 1.54) is 6.42 Å². The van der Waals surface area contributed by atoms with Gasteiger partial charge in [-0.2, -0.15) is 0 Å². The molecule has 3 amide bonds. The topological polar surface area (TPSA) is 61.4 Å². The van der Waals surface area contributed by atoms with Gasteiger partial charge in [0.15, 0.2) is 0 Å². The van der Waals surface area contributed by atoms with Gasteiger partial charge in [-0.05, 0) is 38.5 Å². The maximum absolute atomic E-state index is 12.1. The Morgan fingerprint density at radius 1 is 1.21 bits per heavy atom. The lowest BCUT2D eigenvalue weighted by atomic mass is 9.93. The summed E-state index contributed by atoms with van der Waals surface area (Å²) < 4.78 is 0. The summed E-state index contributed by atoms with van der Waals surface area (Å²) in [6.07, 6.45) is 6.17.